The minimum Gasteiger partial charge on any atom is -0.316 e. The molecule has 2 aliphatic rings. The summed E-state index contributed by atoms with van der Waals surface area (Å²) in [5.74, 6) is 0.712. The zero-order valence-electron chi connectivity index (χ0n) is 13.8. The first-order valence-electron chi connectivity index (χ1n) is 8.56. The molecule has 2 nitrogen and oxygen atoms in total. The summed E-state index contributed by atoms with van der Waals surface area (Å²) in [4.78, 5) is 2.51. The van der Waals surface area contributed by atoms with Gasteiger partial charge in [0.1, 0.15) is 0 Å². The van der Waals surface area contributed by atoms with Crippen molar-refractivity contribution in [3.05, 3.63) is 70.8 Å². The number of rotatable bonds is 6. The number of benzene rings is 1. The van der Waals surface area contributed by atoms with E-state index < -0.39 is 0 Å². The number of allylic oxidation sites excluding steroid dienone is 4. The molecule has 128 valence electrons. The van der Waals surface area contributed by atoms with Crippen molar-refractivity contribution in [2.75, 3.05) is 26.2 Å². The van der Waals surface area contributed by atoms with Crippen LogP contribution in [0.1, 0.15) is 12.0 Å². The molecule has 1 saturated heterocycles. The van der Waals surface area contributed by atoms with Gasteiger partial charge in [0.15, 0.2) is 0 Å². The highest BCUT2D eigenvalue weighted by Crippen LogP contribution is 2.20. The highest BCUT2D eigenvalue weighted by Gasteiger charge is 2.19. The lowest BCUT2D eigenvalue weighted by molar-refractivity contribution is 0.248. The number of nitrogens with one attached hydrogen (secondary N) is 1. The Balaban J connectivity index is 1.72. The maximum Gasteiger partial charge on any atom is 0.0706 e. The molecule has 0 saturated carbocycles. The average molecular weight is 363 g/mol. The van der Waals surface area contributed by atoms with Crippen LogP contribution in [0.15, 0.2) is 65.2 Å². The molecule has 0 aromatic heterocycles. The van der Waals surface area contributed by atoms with Crippen molar-refractivity contribution >= 4 is 23.2 Å². The zero-order valence-corrected chi connectivity index (χ0v) is 15.3. The van der Waals surface area contributed by atoms with Gasteiger partial charge in [-0.15, -0.1) is 11.6 Å². The summed E-state index contributed by atoms with van der Waals surface area (Å²) in [5.41, 5.74) is 2.53. The Kier molecular flexibility index (Phi) is 6.56. The van der Waals surface area contributed by atoms with E-state index in [0.29, 0.717) is 5.92 Å². The normalized spacial score (nSPS) is 24.0. The lowest BCUT2D eigenvalue weighted by Crippen LogP contribution is -2.32. The lowest BCUT2D eigenvalue weighted by atomic mass is 10.1. The first kappa shape index (κ1) is 17.8. The summed E-state index contributed by atoms with van der Waals surface area (Å²) in [6.07, 6.45) is 9.19. The second-order valence-electron chi connectivity index (χ2n) is 6.59. The summed E-state index contributed by atoms with van der Waals surface area (Å²) in [6.45, 7) is 5.14. The Hall–Kier alpha value is -1.06. The predicted octanol–water partition coefficient (Wildman–Crippen LogP) is 4.32. The molecule has 1 heterocycles. The summed E-state index contributed by atoms with van der Waals surface area (Å²) in [6, 6.07) is 10.6. The SMILES string of the molecule is ClC1=CC(CN(Cc2ccccc2)CC2CCNC2)=CC(Cl)C=C1. The fourth-order valence-electron chi connectivity index (χ4n) is 3.34. The highest BCUT2D eigenvalue weighted by atomic mass is 35.5. The molecule has 1 aromatic rings. The zero-order chi connectivity index (χ0) is 16.8. The molecule has 1 N–H and O–H groups in total. The third-order valence-corrected chi connectivity index (χ3v) is 4.98. The van der Waals surface area contributed by atoms with Crippen LogP contribution in [-0.2, 0) is 6.54 Å². The van der Waals surface area contributed by atoms with Crippen LogP contribution >= 0.6 is 23.2 Å². The second-order valence-corrected chi connectivity index (χ2v) is 7.53. The fraction of sp³-hybridized carbons (Fsp3) is 0.400. The second kappa shape index (κ2) is 8.87. The molecule has 2 atom stereocenters. The molecule has 0 bridgehead atoms. The summed E-state index contributed by atoms with van der Waals surface area (Å²) < 4.78 is 0. The van der Waals surface area contributed by atoms with Crippen molar-refractivity contribution in [3.8, 4) is 0 Å². The molecule has 1 aromatic carbocycles. The van der Waals surface area contributed by atoms with Crippen LogP contribution in [0, 0.1) is 5.92 Å². The van der Waals surface area contributed by atoms with Crippen LogP contribution in [-0.4, -0.2) is 36.5 Å². The number of hydrogen-bond donors (Lipinski definition) is 1. The van der Waals surface area contributed by atoms with Crippen LogP contribution in [0.4, 0.5) is 0 Å². The minimum absolute atomic E-state index is 0.0979. The Bertz CT molecular complexity index is 616. The van der Waals surface area contributed by atoms with Crippen LogP contribution in [0.5, 0.6) is 0 Å². The molecule has 1 aliphatic carbocycles. The van der Waals surface area contributed by atoms with Crippen molar-refractivity contribution in [2.45, 2.75) is 18.3 Å². The van der Waals surface area contributed by atoms with Gasteiger partial charge < -0.3 is 5.32 Å². The van der Waals surface area contributed by atoms with Crippen molar-refractivity contribution in [2.24, 2.45) is 5.92 Å². The van der Waals surface area contributed by atoms with E-state index in [1.807, 2.05) is 18.2 Å². The predicted molar refractivity (Wildman–Crippen MR) is 103 cm³/mol. The van der Waals surface area contributed by atoms with Crippen molar-refractivity contribution in [1.29, 1.82) is 0 Å². The van der Waals surface area contributed by atoms with Gasteiger partial charge in [0, 0.05) is 24.7 Å². The smallest absolute Gasteiger partial charge is 0.0706 e. The first-order valence-corrected chi connectivity index (χ1v) is 9.37. The standard InChI is InChI=1S/C20H24Cl2N2/c21-19-6-7-20(22)11-18(10-19)15-24(14-17-8-9-23-12-17)13-16-4-2-1-3-5-16/h1-7,10-11,17,19,23H,8-9,12-15H2. The number of nitrogens with zero attached hydrogens (tertiary/aromatic N) is 1. The third-order valence-electron chi connectivity index (χ3n) is 4.47. The lowest BCUT2D eigenvalue weighted by Gasteiger charge is -2.26. The molecule has 1 aliphatic heterocycles. The molecule has 24 heavy (non-hydrogen) atoms. The first-order chi connectivity index (χ1) is 11.7. The van der Waals surface area contributed by atoms with Gasteiger partial charge in [0.05, 0.1) is 5.38 Å². The van der Waals surface area contributed by atoms with Crippen molar-refractivity contribution in [3.63, 3.8) is 0 Å². The van der Waals surface area contributed by atoms with E-state index in [2.05, 4.69) is 46.6 Å². The highest BCUT2D eigenvalue weighted by molar-refractivity contribution is 6.31. The van der Waals surface area contributed by atoms with E-state index >= 15 is 0 Å². The number of halogens is 2. The van der Waals surface area contributed by atoms with Crippen LogP contribution < -0.4 is 5.32 Å². The van der Waals surface area contributed by atoms with Gasteiger partial charge in [0.25, 0.3) is 0 Å². The summed E-state index contributed by atoms with van der Waals surface area (Å²) >= 11 is 12.6. The van der Waals surface area contributed by atoms with Gasteiger partial charge >= 0.3 is 0 Å². The van der Waals surface area contributed by atoms with Crippen molar-refractivity contribution < 1.29 is 0 Å². The molecule has 0 spiro atoms. The molecule has 1 fully saturated rings. The maximum absolute atomic E-state index is 6.31. The number of hydrogen-bond acceptors (Lipinski definition) is 2. The Morgan fingerprint density at radius 3 is 2.75 bits per heavy atom. The summed E-state index contributed by atoms with van der Waals surface area (Å²) in [7, 11) is 0. The van der Waals surface area contributed by atoms with Crippen LogP contribution in [0.3, 0.4) is 0 Å². The van der Waals surface area contributed by atoms with Gasteiger partial charge in [-0.05, 0) is 48.7 Å². The molecule has 0 radical (unpaired) electrons. The van der Waals surface area contributed by atoms with Gasteiger partial charge in [0.2, 0.25) is 0 Å². The fourth-order valence-corrected chi connectivity index (χ4v) is 3.78. The van der Waals surface area contributed by atoms with E-state index in [-0.39, 0.29) is 5.38 Å². The van der Waals surface area contributed by atoms with Gasteiger partial charge in [-0.1, -0.05) is 54.1 Å². The molecular weight excluding hydrogens is 339 g/mol. The Morgan fingerprint density at radius 1 is 1.17 bits per heavy atom. The van der Waals surface area contributed by atoms with E-state index in [1.165, 1.54) is 17.6 Å². The van der Waals surface area contributed by atoms with Crippen LogP contribution in [0.25, 0.3) is 0 Å². The van der Waals surface area contributed by atoms with Crippen molar-refractivity contribution in [1.82, 2.24) is 10.2 Å². The van der Waals surface area contributed by atoms with Gasteiger partial charge in [-0.3, -0.25) is 4.90 Å². The van der Waals surface area contributed by atoms with Gasteiger partial charge in [-0.2, -0.15) is 0 Å². The largest absolute Gasteiger partial charge is 0.316 e. The Labute approximate surface area is 154 Å². The van der Waals surface area contributed by atoms with E-state index in [4.69, 9.17) is 23.2 Å². The molecule has 2 unspecified atom stereocenters. The van der Waals surface area contributed by atoms with E-state index in [0.717, 1.165) is 37.8 Å². The number of alkyl halides is 1. The van der Waals surface area contributed by atoms with Gasteiger partial charge in [-0.25, -0.2) is 0 Å². The third kappa shape index (κ3) is 5.49. The summed E-state index contributed by atoms with van der Waals surface area (Å²) in [5, 5.41) is 4.11. The maximum atomic E-state index is 6.31. The monoisotopic (exact) mass is 362 g/mol. The quantitative estimate of drug-likeness (QED) is 0.757. The molecule has 4 heteroatoms. The topological polar surface area (TPSA) is 15.3 Å². The average Bonchev–Trinajstić information content (AvgIpc) is 3.01. The van der Waals surface area contributed by atoms with Crippen LogP contribution in [0.2, 0.25) is 0 Å². The molecule has 0 amide bonds. The minimum atomic E-state index is -0.0979. The Morgan fingerprint density at radius 2 is 2.00 bits per heavy atom. The molecule has 3 rings (SSSR count). The van der Waals surface area contributed by atoms with E-state index in [1.54, 1.807) is 0 Å². The molecular formula is C20H24Cl2N2. The van der Waals surface area contributed by atoms with E-state index in [9.17, 15) is 0 Å².